The molecule has 1 saturated heterocycles. The van der Waals surface area contributed by atoms with Crippen LogP contribution in [0.25, 0.3) is 0 Å². The topological polar surface area (TPSA) is 82.5 Å². The lowest BCUT2D eigenvalue weighted by Crippen LogP contribution is -2.41. The number of aromatic nitrogens is 1. The minimum atomic E-state index is -0.942. The number of thiazole rings is 1. The first-order valence-corrected chi connectivity index (χ1v) is 9.13. The number of nitrogens with one attached hydrogen (secondary N) is 1. The number of nitrogens with zero attached hydrogens (tertiary/aromatic N) is 2. The van der Waals surface area contributed by atoms with Crippen LogP contribution in [0.2, 0.25) is 0 Å². The molecular weight excluding hydrogens is 338 g/mol. The smallest absolute Gasteiger partial charge is 0.347 e. The summed E-state index contributed by atoms with van der Waals surface area (Å²) >= 11 is 1.19. The molecule has 1 aliphatic heterocycles. The number of hydrogen-bond donors (Lipinski definition) is 2. The van der Waals surface area contributed by atoms with Gasteiger partial charge in [-0.25, -0.2) is 9.78 Å². The van der Waals surface area contributed by atoms with Crippen molar-refractivity contribution in [1.82, 2.24) is 9.88 Å². The molecule has 0 spiro atoms. The average molecular weight is 359 g/mol. The van der Waals surface area contributed by atoms with Gasteiger partial charge in [0.2, 0.25) is 5.91 Å². The number of carbonyl (C=O) groups excluding carboxylic acids is 1. The van der Waals surface area contributed by atoms with Crippen molar-refractivity contribution >= 4 is 28.3 Å². The average Bonchev–Trinajstić information content (AvgIpc) is 2.99. The molecule has 6 nitrogen and oxygen atoms in total. The second-order valence-corrected chi connectivity index (χ2v) is 7.19. The van der Waals surface area contributed by atoms with Gasteiger partial charge < -0.3 is 15.3 Å². The summed E-state index contributed by atoms with van der Waals surface area (Å²) in [5.41, 5.74) is 1.63. The fraction of sp³-hybridized carbons (Fsp3) is 0.389. The molecule has 0 radical (unpaired) electrons. The molecule has 1 aromatic heterocycles. The van der Waals surface area contributed by atoms with E-state index in [1.54, 1.807) is 6.92 Å². The molecule has 2 heterocycles. The second kappa shape index (κ2) is 7.65. The number of anilines is 1. The van der Waals surface area contributed by atoms with E-state index in [1.807, 2.05) is 35.2 Å². The normalized spacial score (nSPS) is 15.2. The molecular formula is C18H21N3O3S. The molecule has 1 aromatic carbocycles. The van der Waals surface area contributed by atoms with Gasteiger partial charge in [0.15, 0.2) is 5.13 Å². The molecule has 0 bridgehead atoms. The van der Waals surface area contributed by atoms with Crippen molar-refractivity contribution in [3.8, 4) is 0 Å². The predicted octanol–water partition coefficient (Wildman–Crippen LogP) is 2.85. The summed E-state index contributed by atoms with van der Waals surface area (Å²) in [6, 6.07) is 9.95. The summed E-state index contributed by atoms with van der Waals surface area (Å²) in [6.07, 6.45) is 2.19. The number of hydrogen-bond acceptors (Lipinski definition) is 5. The zero-order valence-electron chi connectivity index (χ0n) is 14.1. The van der Waals surface area contributed by atoms with Gasteiger partial charge in [0.25, 0.3) is 0 Å². The van der Waals surface area contributed by atoms with Crippen molar-refractivity contribution in [1.29, 1.82) is 0 Å². The molecule has 132 valence electrons. The van der Waals surface area contributed by atoms with Crippen LogP contribution in [-0.4, -0.2) is 46.0 Å². The van der Waals surface area contributed by atoms with Crippen LogP contribution in [0.5, 0.6) is 0 Å². The van der Waals surface area contributed by atoms with Crippen molar-refractivity contribution in [3.63, 3.8) is 0 Å². The Bertz CT molecular complexity index is 752. The third kappa shape index (κ3) is 4.36. The number of carbonyl (C=O) groups is 2. The van der Waals surface area contributed by atoms with Crippen molar-refractivity contribution < 1.29 is 14.7 Å². The minimum absolute atomic E-state index is 0.103. The number of amides is 1. The van der Waals surface area contributed by atoms with Crippen LogP contribution in [0.15, 0.2) is 30.3 Å². The van der Waals surface area contributed by atoms with Gasteiger partial charge in [-0.2, -0.15) is 0 Å². The molecule has 2 aromatic rings. The molecule has 1 aliphatic rings. The predicted molar refractivity (Wildman–Crippen MR) is 97.2 cm³/mol. The Morgan fingerprint density at radius 1 is 1.28 bits per heavy atom. The van der Waals surface area contributed by atoms with E-state index in [0.29, 0.717) is 17.2 Å². The first-order valence-electron chi connectivity index (χ1n) is 8.32. The van der Waals surface area contributed by atoms with Crippen LogP contribution in [0.4, 0.5) is 5.13 Å². The summed E-state index contributed by atoms with van der Waals surface area (Å²) in [5, 5.41) is 13.4. The maximum absolute atomic E-state index is 11.5. The molecule has 25 heavy (non-hydrogen) atoms. The molecule has 0 atom stereocenters. The maximum Gasteiger partial charge on any atom is 0.347 e. The highest BCUT2D eigenvalue weighted by Gasteiger charge is 2.23. The zero-order valence-corrected chi connectivity index (χ0v) is 14.9. The van der Waals surface area contributed by atoms with Crippen molar-refractivity contribution in [2.24, 2.45) is 0 Å². The Labute approximate surface area is 150 Å². The Morgan fingerprint density at radius 2 is 1.96 bits per heavy atom. The molecule has 0 saturated carbocycles. The summed E-state index contributed by atoms with van der Waals surface area (Å²) in [7, 11) is 0. The molecule has 1 amide bonds. The second-order valence-electron chi connectivity index (χ2n) is 6.19. The van der Waals surface area contributed by atoms with E-state index in [2.05, 4.69) is 10.3 Å². The SMILES string of the molecule is CC(=O)N1CCC(Nc2nc(Cc3ccccc3)c(C(=O)O)s2)CC1. The van der Waals surface area contributed by atoms with E-state index in [9.17, 15) is 14.7 Å². The van der Waals surface area contributed by atoms with E-state index in [-0.39, 0.29) is 16.8 Å². The summed E-state index contributed by atoms with van der Waals surface area (Å²) in [5.74, 6) is -0.839. The summed E-state index contributed by atoms with van der Waals surface area (Å²) < 4.78 is 0. The highest BCUT2D eigenvalue weighted by molar-refractivity contribution is 7.17. The lowest BCUT2D eigenvalue weighted by Gasteiger charge is -2.31. The fourth-order valence-corrected chi connectivity index (χ4v) is 3.90. The highest BCUT2D eigenvalue weighted by Crippen LogP contribution is 2.27. The van der Waals surface area contributed by atoms with E-state index in [1.165, 1.54) is 11.3 Å². The number of aromatic carboxylic acids is 1. The number of carboxylic acids is 1. The van der Waals surface area contributed by atoms with E-state index in [4.69, 9.17) is 0 Å². The van der Waals surface area contributed by atoms with E-state index in [0.717, 1.165) is 31.5 Å². The van der Waals surface area contributed by atoms with Crippen LogP contribution in [0, 0.1) is 0 Å². The number of rotatable bonds is 5. The van der Waals surface area contributed by atoms with Gasteiger partial charge in [-0.3, -0.25) is 4.79 Å². The molecule has 1 fully saturated rings. The third-order valence-electron chi connectivity index (χ3n) is 4.37. The zero-order chi connectivity index (χ0) is 17.8. The number of benzene rings is 1. The van der Waals surface area contributed by atoms with E-state index >= 15 is 0 Å². The monoisotopic (exact) mass is 359 g/mol. The molecule has 2 N–H and O–H groups in total. The molecule has 0 aliphatic carbocycles. The maximum atomic E-state index is 11.5. The van der Waals surface area contributed by atoms with Crippen LogP contribution in [0.3, 0.4) is 0 Å². The van der Waals surface area contributed by atoms with Crippen LogP contribution < -0.4 is 5.32 Å². The van der Waals surface area contributed by atoms with Gasteiger partial charge in [0.05, 0.1) is 5.69 Å². The third-order valence-corrected chi connectivity index (χ3v) is 5.39. The Hall–Kier alpha value is -2.41. The molecule has 0 unspecified atom stereocenters. The number of likely N-dealkylation sites (tertiary alicyclic amines) is 1. The standard InChI is InChI=1S/C18H21N3O3S/c1-12(22)21-9-7-14(8-10-21)19-18-20-15(16(25-18)17(23)24)11-13-5-3-2-4-6-13/h2-6,14H,7-11H2,1H3,(H,19,20)(H,23,24). The Balaban J connectivity index is 1.69. The molecule has 3 rings (SSSR count). The lowest BCUT2D eigenvalue weighted by atomic mass is 10.1. The number of carboxylic acid groups (broad SMARTS) is 1. The van der Waals surface area contributed by atoms with Crippen molar-refractivity contribution in [2.75, 3.05) is 18.4 Å². The minimum Gasteiger partial charge on any atom is -0.477 e. The first kappa shape index (κ1) is 17.4. The van der Waals surface area contributed by atoms with Crippen molar-refractivity contribution in [3.05, 3.63) is 46.5 Å². The largest absolute Gasteiger partial charge is 0.477 e. The van der Waals surface area contributed by atoms with Crippen LogP contribution in [-0.2, 0) is 11.2 Å². The van der Waals surface area contributed by atoms with Gasteiger partial charge in [0.1, 0.15) is 4.88 Å². The summed E-state index contributed by atoms with van der Waals surface area (Å²) in [4.78, 5) is 29.6. The van der Waals surface area contributed by atoms with Gasteiger partial charge in [-0.15, -0.1) is 0 Å². The summed E-state index contributed by atoms with van der Waals surface area (Å²) in [6.45, 7) is 3.03. The van der Waals surface area contributed by atoms with Crippen LogP contribution in [0.1, 0.15) is 40.7 Å². The van der Waals surface area contributed by atoms with E-state index < -0.39 is 5.97 Å². The fourth-order valence-electron chi connectivity index (χ4n) is 3.00. The lowest BCUT2D eigenvalue weighted by molar-refractivity contribution is -0.129. The quantitative estimate of drug-likeness (QED) is 0.858. The Morgan fingerprint density at radius 3 is 2.56 bits per heavy atom. The number of piperidine rings is 1. The molecule has 7 heteroatoms. The van der Waals surface area contributed by atoms with Crippen molar-refractivity contribution in [2.45, 2.75) is 32.2 Å². The highest BCUT2D eigenvalue weighted by atomic mass is 32.1. The Kier molecular flexibility index (Phi) is 5.33. The van der Waals surface area contributed by atoms with Gasteiger partial charge in [-0.05, 0) is 18.4 Å². The van der Waals surface area contributed by atoms with Crippen LogP contribution >= 0.6 is 11.3 Å². The van der Waals surface area contributed by atoms with Gasteiger partial charge in [-0.1, -0.05) is 41.7 Å². The first-order chi connectivity index (χ1) is 12.0. The van der Waals surface area contributed by atoms with Gasteiger partial charge in [0, 0.05) is 32.5 Å². The van der Waals surface area contributed by atoms with Gasteiger partial charge >= 0.3 is 5.97 Å².